The van der Waals surface area contributed by atoms with Crippen LogP contribution >= 0.6 is 12.4 Å². The van der Waals surface area contributed by atoms with E-state index in [-0.39, 0.29) is 19.0 Å². The van der Waals surface area contributed by atoms with Crippen molar-refractivity contribution in [1.82, 2.24) is 4.98 Å². The molecule has 1 aliphatic heterocycles. The molecule has 2 heterocycles. The minimum absolute atomic E-state index is 0. The average Bonchev–Trinajstić information content (AvgIpc) is 2.65. The fraction of sp³-hybridized carbons (Fsp3) is 0.250. The van der Waals surface area contributed by atoms with E-state index in [2.05, 4.69) is 57.7 Å². The highest BCUT2D eigenvalue weighted by atomic mass is 35.5. The third-order valence-corrected chi connectivity index (χ3v) is 4.58. The Kier molecular flexibility index (Phi) is 5.41. The summed E-state index contributed by atoms with van der Waals surface area (Å²) in [5.74, 6) is 0.816. The first-order chi connectivity index (χ1) is 11.8. The molecule has 1 aromatic heterocycles. The van der Waals surface area contributed by atoms with E-state index < -0.39 is 0 Å². The number of nitrogens with one attached hydrogen (secondary N) is 1. The summed E-state index contributed by atoms with van der Waals surface area (Å²) in [6.07, 6.45) is 1.06. The zero-order valence-corrected chi connectivity index (χ0v) is 14.8. The summed E-state index contributed by atoms with van der Waals surface area (Å²) in [5.41, 5.74) is 5.03. The molecular formula is C20H22ClN3O. The SMILES string of the molecule is Cl.OCCNc1cc(N2CCc3ccccc3C2)c2ccccc2n1. The molecule has 0 saturated heterocycles. The number of anilines is 2. The predicted molar refractivity (Wildman–Crippen MR) is 106 cm³/mol. The molecule has 0 fully saturated rings. The van der Waals surface area contributed by atoms with E-state index in [0.29, 0.717) is 6.54 Å². The highest BCUT2D eigenvalue weighted by Crippen LogP contribution is 2.32. The Bertz CT molecular complexity index is 868. The second-order valence-corrected chi connectivity index (χ2v) is 6.13. The molecule has 5 heteroatoms. The third-order valence-electron chi connectivity index (χ3n) is 4.58. The first-order valence-corrected chi connectivity index (χ1v) is 8.41. The van der Waals surface area contributed by atoms with Crippen LogP contribution in [0.2, 0.25) is 0 Å². The van der Waals surface area contributed by atoms with Crippen LogP contribution in [0, 0.1) is 0 Å². The van der Waals surface area contributed by atoms with Gasteiger partial charge in [-0.05, 0) is 23.6 Å². The maximum Gasteiger partial charge on any atom is 0.128 e. The van der Waals surface area contributed by atoms with Crippen molar-refractivity contribution < 1.29 is 5.11 Å². The van der Waals surface area contributed by atoms with E-state index >= 15 is 0 Å². The van der Waals surface area contributed by atoms with Crippen molar-refractivity contribution in [2.75, 3.05) is 29.9 Å². The van der Waals surface area contributed by atoms with Gasteiger partial charge in [0.1, 0.15) is 5.82 Å². The average molecular weight is 356 g/mol. The number of aromatic nitrogens is 1. The molecule has 25 heavy (non-hydrogen) atoms. The molecule has 0 radical (unpaired) electrons. The number of hydrogen-bond donors (Lipinski definition) is 2. The Balaban J connectivity index is 0.00000182. The number of pyridine rings is 1. The van der Waals surface area contributed by atoms with E-state index in [4.69, 9.17) is 5.11 Å². The zero-order chi connectivity index (χ0) is 16.4. The number of nitrogens with zero attached hydrogens (tertiary/aromatic N) is 2. The maximum atomic E-state index is 9.07. The quantitative estimate of drug-likeness (QED) is 0.750. The highest BCUT2D eigenvalue weighted by molar-refractivity contribution is 5.93. The van der Waals surface area contributed by atoms with Gasteiger partial charge in [0.15, 0.2) is 0 Å². The summed E-state index contributed by atoms with van der Waals surface area (Å²) in [5, 5.41) is 13.4. The van der Waals surface area contributed by atoms with Crippen LogP contribution in [-0.2, 0) is 13.0 Å². The summed E-state index contributed by atoms with van der Waals surface area (Å²) >= 11 is 0. The molecule has 4 nitrogen and oxygen atoms in total. The first-order valence-electron chi connectivity index (χ1n) is 8.41. The number of aliphatic hydroxyl groups excluding tert-OH is 1. The molecule has 2 aromatic carbocycles. The largest absolute Gasteiger partial charge is 0.395 e. The van der Waals surface area contributed by atoms with Crippen molar-refractivity contribution in [3.63, 3.8) is 0 Å². The number of para-hydroxylation sites is 1. The Morgan fingerprint density at radius 1 is 1.04 bits per heavy atom. The molecule has 0 amide bonds. The van der Waals surface area contributed by atoms with Crippen LogP contribution in [0.5, 0.6) is 0 Å². The van der Waals surface area contributed by atoms with E-state index in [1.165, 1.54) is 22.2 Å². The van der Waals surface area contributed by atoms with Gasteiger partial charge >= 0.3 is 0 Å². The Morgan fingerprint density at radius 3 is 2.64 bits per heavy atom. The predicted octanol–water partition coefficient (Wildman–Crippen LogP) is 3.62. The van der Waals surface area contributed by atoms with Crippen molar-refractivity contribution in [2.45, 2.75) is 13.0 Å². The molecular weight excluding hydrogens is 334 g/mol. The standard InChI is InChI=1S/C20H21N3O.ClH/c24-12-10-21-20-13-19(17-7-3-4-8-18(17)22-20)23-11-9-15-5-1-2-6-16(15)14-23;/h1-8,13,24H,9-12,14H2,(H,21,22);1H. The van der Waals surface area contributed by atoms with Crippen molar-refractivity contribution in [2.24, 2.45) is 0 Å². The number of halogens is 1. The summed E-state index contributed by atoms with van der Waals surface area (Å²) < 4.78 is 0. The maximum absolute atomic E-state index is 9.07. The van der Waals surface area contributed by atoms with Crippen LogP contribution in [0.4, 0.5) is 11.5 Å². The number of benzene rings is 2. The molecule has 1 aliphatic rings. The normalized spacial score (nSPS) is 13.2. The van der Waals surface area contributed by atoms with Gasteiger partial charge in [0, 0.05) is 31.1 Å². The fourth-order valence-corrected chi connectivity index (χ4v) is 3.39. The van der Waals surface area contributed by atoms with Crippen molar-refractivity contribution >= 4 is 34.8 Å². The van der Waals surface area contributed by atoms with Crippen LogP contribution in [0.25, 0.3) is 10.9 Å². The van der Waals surface area contributed by atoms with Crippen molar-refractivity contribution in [1.29, 1.82) is 0 Å². The topological polar surface area (TPSA) is 48.4 Å². The Hall–Kier alpha value is -2.30. The number of hydrogen-bond acceptors (Lipinski definition) is 4. The van der Waals surface area contributed by atoms with Gasteiger partial charge in [-0.1, -0.05) is 42.5 Å². The molecule has 0 saturated carbocycles. The van der Waals surface area contributed by atoms with Crippen molar-refractivity contribution in [3.8, 4) is 0 Å². The van der Waals surface area contributed by atoms with E-state index in [1.807, 2.05) is 12.1 Å². The third kappa shape index (κ3) is 3.55. The fourth-order valence-electron chi connectivity index (χ4n) is 3.39. The number of rotatable bonds is 4. The van der Waals surface area contributed by atoms with Gasteiger partial charge in [-0.3, -0.25) is 0 Å². The molecule has 2 N–H and O–H groups in total. The minimum Gasteiger partial charge on any atom is -0.395 e. The Labute approximate surface area is 153 Å². The first kappa shape index (κ1) is 17.5. The lowest BCUT2D eigenvalue weighted by molar-refractivity contribution is 0.311. The smallest absolute Gasteiger partial charge is 0.128 e. The summed E-state index contributed by atoms with van der Waals surface area (Å²) in [6, 6.07) is 19.0. The molecule has 0 unspecified atom stereocenters. The van der Waals surface area contributed by atoms with Crippen LogP contribution in [0.3, 0.4) is 0 Å². The van der Waals surface area contributed by atoms with Gasteiger partial charge in [0.05, 0.1) is 17.8 Å². The van der Waals surface area contributed by atoms with E-state index in [1.54, 1.807) is 0 Å². The monoisotopic (exact) mass is 355 g/mol. The molecule has 0 aliphatic carbocycles. The second-order valence-electron chi connectivity index (χ2n) is 6.13. The van der Waals surface area contributed by atoms with Gasteiger partial charge < -0.3 is 15.3 Å². The van der Waals surface area contributed by atoms with Gasteiger partial charge in [-0.2, -0.15) is 0 Å². The number of fused-ring (bicyclic) bond motifs is 2. The van der Waals surface area contributed by atoms with Crippen molar-refractivity contribution in [3.05, 3.63) is 65.7 Å². The molecule has 0 spiro atoms. The molecule has 0 bridgehead atoms. The zero-order valence-electron chi connectivity index (χ0n) is 14.0. The molecule has 4 rings (SSSR count). The molecule has 3 aromatic rings. The van der Waals surface area contributed by atoms with E-state index in [0.717, 1.165) is 30.8 Å². The van der Waals surface area contributed by atoms with E-state index in [9.17, 15) is 0 Å². The van der Waals surface area contributed by atoms with Gasteiger partial charge in [-0.15, -0.1) is 12.4 Å². The second kappa shape index (κ2) is 7.72. The lowest BCUT2D eigenvalue weighted by Gasteiger charge is -2.31. The van der Waals surface area contributed by atoms with Gasteiger partial charge in [-0.25, -0.2) is 4.98 Å². The highest BCUT2D eigenvalue weighted by Gasteiger charge is 2.18. The summed E-state index contributed by atoms with van der Waals surface area (Å²) in [6.45, 7) is 2.53. The number of aliphatic hydroxyl groups is 1. The molecule has 130 valence electrons. The van der Waals surface area contributed by atoms with Gasteiger partial charge in [0.25, 0.3) is 0 Å². The summed E-state index contributed by atoms with van der Waals surface area (Å²) in [7, 11) is 0. The van der Waals surface area contributed by atoms with Crippen LogP contribution in [-0.4, -0.2) is 29.8 Å². The lowest BCUT2D eigenvalue weighted by atomic mass is 9.99. The van der Waals surface area contributed by atoms with Crippen LogP contribution in [0.15, 0.2) is 54.6 Å². The molecule has 0 atom stereocenters. The minimum atomic E-state index is 0. The van der Waals surface area contributed by atoms with Crippen LogP contribution < -0.4 is 10.2 Å². The lowest BCUT2D eigenvalue weighted by Crippen LogP contribution is -2.30. The summed E-state index contributed by atoms with van der Waals surface area (Å²) in [4.78, 5) is 7.09. The van der Waals surface area contributed by atoms with Gasteiger partial charge in [0.2, 0.25) is 0 Å². The Morgan fingerprint density at radius 2 is 1.80 bits per heavy atom. The van der Waals surface area contributed by atoms with Crippen LogP contribution in [0.1, 0.15) is 11.1 Å².